The van der Waals surface area contributed by atoms with Gasteiger partial charge in [-0.2, -0.15) is 0 Å². The molecule has 166 valence electrons. The topological polar surface area (TPSA) is 120 Å². The van der Waals surface area contributed by atoms with Crippen LogP contribution in [0.3, 0.4) is 0 Å². The zero-order valence-corrected chi connectivity index (χ0v) is 21.9. The second-order valence-electron chi connectivity index (χ2n) is 6.02. The predicted molar refractivity (Wildman–Crippen MR) is 117 cm³/mol. The SMILES string of the molecule is CC(=O)[O-].CC(=O)[O-].CC(=O)[O-].Clc1ccc(C(CC[CH2][Sn+3])c2ccc(Cl)cc2)cc1. The van der Waals surface area contributed by atoms with Gasteiger partial charge < -0.3 is 29.7 Å². The Balaban J connectivity index is 0. The van der Waals surface area contributed by atoms with E-state index in [1.54, 1.807) is 22.5 Å². The zero-order chi connectivity index (χ0) is 24.4. The van der Waals surface area contributed by atoms with Crippen molar-refractivity contribution < 1.29 is 29.7 Å². The molecule has 0 aliphatic carbocycles. The van der Waals surface area contributed by atoms with E-state index in [1.807, 2.05) is 24.3 Å². The number of carbonyl (C=O) groups is 3. The number of carboxylic acids is 3. The monoisotopic (exact) mass is 574 g/mol. The Morgan fingerprint density at radius 3 is 1.23 bits per heavy atom. The van der Waals surface area contributed by atoms with Crippen LogP contribution in [0.5, 0.6) is 0 Å². The summed E-state index contributed by atoms with van der Waals surface area (Å²) < 4.78 is 1.30. The quantitative estimate of drug-likeness (QED) is 0.503. The summed E-state index contributed by atoms with van der Waals surface area (Å²) in [6.45, 7) is 2.92. The van der Waals surface area contributed by atoms with Gasteiger partial charge in [0, 0.05) is 17.9 Å². The van der Waals surface area contributed by atoms with Gasteiger partial charge in [-0.15, -0.1) is 0 Å². The van der Waals surface area contributed by atoms with Crippen LogP contribution in [0.1, 0.15) is 50.7 Å². The molecular formula is C22H24Cl2O6Sn. The molecule has 0 aliphatic rings. The third-order valence-corrected chi connectivity index (χ3v) is 4.73. The van der Waals surface area contributed by atoms with Gasteiger partial charge in [0.2, 0.25) is 0 Å². The Bertz CT molecular complexity index is 694. The predicted octanol–water partition coefficient (Wildman–Crippen LogP) is 1.76. The van der Waals surface area contributed by atoms with Crippen molar-refractivity contribution >= 4 is 63.6 Å². The molecule has 0 heterocycles. The second kappa shape index (κ2) is 19.0. The maximum absolute atomic E-state index is 8.89. The summed E-state index contributed by atoms with van der Waals surface area (Å²) in [6.07, 6.45) is 2.43. The molecule has 0 N–H and O–H groups in total. The fraction of sp³-hybridized carbons (Fsp3) is 0.318. The van der Waals surface area contributed by atoms with Crippen molar-refractivity contribution in [1.29, 1.82) is 0 Å². The van der Waals surface area contributed by atoms with Crippen LogP contribution < -0.4 is 15.3 Å². The molecule has 31 heavy (non-hydrogen) atoms. The molecule has 9 heteroatoms. The van der Waals surface area contributed by atoms with E-state index in [2.05, 4.69) is 24.3 Å². The second-order valence-corrected chi connectivity index (χ2v) is 8.32. The van der Waals surface area contributed by atoms with E-state index < -0.39 is 17.9 Å². The van der Waals surface area contributed by atoms with E-state index in [-0.39, 0.29) is 0 Å². The first kappa shape index (κ1) is 31.4. The van der Waals surface area contributed by atoms with E-state index >= 15 is 0 Å². The van der Waals surface area contributed by atoms with Crippen LogP contribution in [0.25, 0.3) is 0 Å². The minimum atomic E-state index is -1.08. The maximum atomic E-state index is 8.89. The molecule has 0 amide bonds. The van der Waals surface area contributed by atoms with Gasteiger partial charge in [0.15, 0.2) is 0 Å². The summed E-state index contributed by atoms with van der Waals surface area (Å²) in [6, 6.07) is 16.4. The van der Waals surface area contributed by atoms with Crippen LogP contribution in [-0.2, 0) is 14.4 Å². The summed E-state index contributed by atoms with van der Waals surface area (Å²) in [5.41, 5.74) is 2.66. The van der Waals surface area contributed by atoms with Gasteiger partial charge in [0.25, 0.3) is 0 Å². The molecule has 0 atom stereocenters. The third kappa shape index (κ3) is 21.3. The number of hydrogen-bond donors (Lipinski definition) is 0. The number of halogens is 2. The Kier molecular flexibility index (Phi) is 19.2. The first-order valence-corrected chi connectivity index (χ1v) is 11.9. The Morgan fingerprint density at radius 1 is 0.742 bits per heavy atom. The molecule has 0 unspecified atom stereocenters. The van der Waals surface area contributed by atoms with Crippen LogP contribution >= 0.6 is 23.2 Å². The number of benzene rings is 2. The molecule has 0 aliphatic heterocycles. The fourth-order valence-electron chi connectivity index (χ4n) is 2.22. The summed E-state index contributed by atoms with van der Waals surface area (Å²) in [4.78, 5) is 26.7. The minimum absolute atomic E-state index is 0.440. The van der Waals surface area contributed by atoms with E-state index in [1.165, 1.54) is 28.4 Å². The van der Waals surface area contributed by atoms with Crippen LogP contribution in [0.2, 0.25) is 14.5 Å². The first-order chi connectivity index (χ1) is 14.4. The van der Waals surface area contributed by atoms with Crippen LogP contribution in [0.4, 0.5) is 0 Å². The molecule has 0 spiro atoms. The average molecular weight is 574 g/mol. The Hall–Kier alpha value is -1.77. The van der Waals surface area contributed by atoms with E-state index in [0.717, 1.165) is 30.8 Å². The number of hydrogen-bond acceptors (Lipinski definition) is 6. The van der Waals surface area contributed by atoms with Crippen molar-refractivity contribution in [2.75, 3.05) is 0 Å². The summed E-state index contributed by atoms with van der Waals surface area (Å²) in [7, 11) is 0. The van der Waals surface area contributed by atoms with Crippen LogP contribution in [0.15, 0.2) is 48.5 Å². The Morgan fingerprint density at radius 2 is 1.00 bits per heavy atom. The molecule has 2 aromatic carbocycles. The van der Waals surface area contributed by atoms with E-state index in [9.17, 15) is 0 Å². The molecule has 2 rings (SSSR count). The summed E-state index contributed by atoms with van der Waals surface area (Å²) in [5.74, 6) is -2.81. The van der Waals surface area contributed by atoms with Crippen LogP contribution in [0, 0.1) is 0 Å². The van der Waals surface area contributed by atoms with Gasteiger partial charge in [0.1, 0.15) is 0 Å². The average Bonchev–Trinajstić information content (AvgIpc) is 2.63. The third-order valence-electron chi connectivity index (χ3n) is 3.21. The normalized spacial score (nSPS) is 9.16. The van der Waals surface area contributed by atoms with Crippen molar-refractivity contribution in [1.82, 2.24) is 0 Å². The number of carboxylic acid groups (broad SMARTS) is 3. The van der Waals surface area contributed by atoms with Gasteiger partial charge in [-0.05, 0) is 20.8 Å². The summed E-state index contributed by atoms with van der Waals surface area (Å²) in [5, 5.41) is 28.2. The fourth-order valence-corrected chi connectivity index (χ4v) is 3.06. The molecule has 6 nitrogen and oxygen atoms in total. The van der Waals surface area contributed by atoms with Gasteiger partial charge in [0.05, 0.1) is 0 Å². The summed E-state index contributed by atoms with van der Waals surface area (Å²) >= 11 is 13.6. The van der Waals surface area contributed by atoms with Gasteiger partial charge in [-0.1, -0.05) is 0 Å². The molecular weight excluding hydrogens is 550 g/mol. The van der Waals surface area contributed by atoms with Crippen molar-refractivity contribution in [3.05, 3.63) is 69.7 Å². The van der Waals surface area contributed by atoms with Crippen molar-refractivity contribution in [2.24, 2.45) is 0 Å². The van der Waals surface area contributed by atoms with E-state index in [0.29, 0.717) is 5.92 Å². The molecule has 0 fully saturated rings. The standard InChI is InChI=1S/C16H15Cl2.3C2H4O2.Sn/c1-2-3-16(12-4-8-14(17)9-5-12)13-6-10-15(18)11-7-13;3*1-2(3)4;/h4-11,16H,1-3H2;3*1H3,(H,3,4);/q;;;;+3/p-3. The molecule has 0 saturated heterocycles. The zero-order valence-electron chi connectivity index (χ0n) is 17.5. The van der Waals surface area contributed by atoms with Crippen molar-refractivity contribution in [3.63, 3.8) is 0 Å². The molecule has 0 aromatic heterocycles. The molecule has 2 aromatic rings. The van der Waals surface area contributed by atoms with Gasteiger partial charge in [-0.3, -0.25) is 0 Å². The molecule has 0 saturated carbocycles. The number of rotatable bonds is 5. The van der Waals surface area contributed by atoms with Crippen molar-refractivity contribution in [3.8, 4) is 0 Å². The first-order valence-electron chi connectivity index (χ1n) is 9.08. The van der Waals surface area contributed by atoms with Gasteiger partial charge >= 0.3 is 139 Å². The van der Waals surface area contributed by atoms with E-state index in [4.69, 9.17) is 52.9 Å². The number of carbonyl (C=O) groups excluding carboxylic acids is 3. The van der Waals surface area contributed by atoms with Crippen LogP contribution in [-0.4, -0.2) is 40.4 Å². The van der Waals surface area contributed by atoms with Gasteiger partial charge in [-0.25, -0.2) is 0 Å². The molecule has 0 radical (unpaired) electrons. The number of aliphatic carboxylic acids is 3. The Labute approximate surface area is 206 Å². The molecule has 0 bridgehead atoms. The van der Waals surface area contributed by atoms with Crippen molar-refractivity contribution in [2.45, 2.75) is 44.0 Å².